The van der Waals surface area contributed by atoms with E-state index in [1.807, 2.05) is 49.4 Å². The van der Waals surface area contributed by atoms with Gasteiger partial charge in [0, 0.05) is 23.8 Å². The molecule has 1 atom stereocenters. The lowest BCUT2D eigenvalue weighted by Crippen LogP contribution is -2.24. The maximum atomic E-state index is 12.7. The van der Waals surface area contributed by atoms with Crippen LogP contribution in [0.1, 0.15) is 39.3 Å². The Morgan fingerprint density at radius 1 is 1.09 bits per heavy atom. The van der Waals surface area contributed by atoms with E-state index in [-0.39, 0.29) is 11.3 Å². The summed E-state index contributed by atoms with van der Waals surface area (Å²) < 4.78 is 0. The van der Waals surface area contributed by atoms with Crippen LogP contribution >= 0.6 is 0 Å². The summed E-state index contributed by atoms with van der Waals surface area (Å²) in [6.07, 6.45) is 3.36. The molecule has 1 aromatic carbocycles. The van der Waals surface area contributed by atoms with Crippen LogP contribution in [0.3, 0.4) is 0 Å². The Labute approximate surface area is 137 Å². The number of benzene rings is 1. The summed E-state index contributed by atoms with van der Waals surface area (Å²) in [6.45, 7) is 8.23. The van der Waals surface area contributed by atoms with Crippen LogP contribution in [-0.2, 0) is 4.79 Å². The Morgan fingerprint density at radius 3 is 2.26 bits per heavy atom. The van der Waals surface area contributed by atoms with Crippen LogP contribution in [0.25, 0.3) is 0 Å². The molecule has 1 N–H and O–H groups in total. The molecule has 0 aliphatic heterocycles. The molecule has 120 valence electrons. The summed E-state index contributed by atoms with van der Waals surface area (Å²) in [5, 5.41) is 2.93. The highest BCUT2D eigenvalue weighted by Gasteiger charge is 2.23. The van der Waals surface area contributed by atoms with Gasteiger partial charge in [0.05, 0.1) is 0 Å². The van der Waals surface area contributed by atoms with E-state index in [9.17, 15) is 4.79 Å². The largest absolute Gasteiger partial charge is 0.324 e. The fourth-order valence-electron chi connectivity index (χ4n) is 1.95. The number of rotatable bonds is 4. The number of hydrogen-bond acceptors (Lipinski definition) is 3. The predicted octanol–water partition coefficient (Wildman–Crippen LogP) is 4.27. The van der Waals surface area contributed by atoms with Gasteiger partial charge in [-0.2, -0.15) is 0 Å². The third-order valence-electron chi connectivity index (χ3n) is 3.72. The standard InChI is InChI=1S/C19H23N3O/c1-14(19(2,3)4)21-17(15-10-12-20-13-11-15)18(23)22-16-8-6-5-7-9-16/h5-13,17H,1-4H3,(H,22,23). The Balaban J connectivity index is 2.32. The maximum absolute atomic E-state index is 12.7. The highest BCUT2D eigenvalue weighted by atomic mass is 16.2. The van der Waals surface area contributed by atoms with Crippen molar-refractivity contribution in [3.8, 4) is 0 Å². The summed E-state index contributed by atoms with van der Waals surface area (Å²) in [5.74, 6) is -0.147. The van der Waals surface area contributed by atoms with Gasteiger partial charge in [-0.25, -0.2) is 0 Å². The van der Waals surface area contributed by atoms with E-state index in [1.165, 1.54) is 0 Å². The van der Waals surface area contributed by atoms with Gasteiger partial charge in [0.2, 0.25) is 0 Å². The lowest BCUT2D eigenvalue weighted by Gasteiger charge is -2.21. The van der Waals surface area contributed by atoms with E-state index in [0.29, 0.717) is 0 Å². The molecule has 0 aliphatic carbocycles. The zero-order valence-electron chi connectivity index (χ0n) is 14.1. The van der Waals surface area contributed by atoms with Crippen LogP contribution in [0.2, 0.25) is 0 Å². The van der Waals surface area contributed by atoms with E-state index in [2.05, 4.69) is 31.1 Å². The minimum absolute atomic E-state index is 0.0850. The smallest absolute Gasteiger partial charge is 0.253 e. The van der Waals surface area contributed by atoms with Crippen molar-refractivity contribution in [3.63, 3.8) is 0 Å². The first kappa shape index (κ1) is 16.9. The van der Waals surface area contributed by atoms with E-state index in [0.717, 1.165) is 17.0 Å². The van der Waals surface area contributed by atoms with Crippen molar-refractivity contribution in [1.29, 1.82) is 0 Å². The van der Waals surface area contributed by atoms with Crippen molar-refractivity contribution in [2.24, 2.45) is 10.4 Å². The highest BCUT2D eigenvalue weighted by molar-refractivity contribution is 5.98. The number of nitrogens with zero attached hydrogens (tertiary/aromatic N) is 2. The van der Waals surface area contributed by atoms with Gasteiger partial charge < -0.3 is 5.32 Å². The topological polar surface area (TPSA) is 54.4 Å². The first-order valence-electron chi connectivity index (χ1n) is 7.68. The van der Waals surface area contributed by atoms with Crippen molar-refractivity contribution >= 4 is 17.3 Å². The fourth-order valence-corrected chi connectivity index (χ4v) is 1.95. The van der Waals surface area contributed by atoms with Gasteiger partial charge in [-0.3, -0.25) is 14.8 Å². The second kappa shape index (κ2) is 7.18. The van der Waals surface area contributed by atoms with Crippen LogP contribution in [0, 0.1) is 5.41 Å². The third-order valence-corrected chi connectivity index (χ3v) is 3.72. The lowest BCUT2D eigenvalue weighted by atomic mass is 9.90. The van der Waals surface area contributed by atoms with Crippen molar-refractivity contribution in [2.45, 2.75) is 33.7 Å². The number of carbonyl (C=O) groups is 1. The molecule has 2 rings (SSSR count). The molecule has 0 spiro atoms. The predicted molar refractivity (Wildman–Crippen MR) is 94.6 cm³/mol. The lowest BCUT2D eigenvalue weighted by molar-refractivity contribution is -0.117. The minimum atomic E-state index is -0.586. The fraction of sp³-hybridized carbons (Fsp3) is 0.316. The molecule has 0 aliphatic rings. The summed E-state index contributed by atoms with van der Waals surface area (Å²) >= 11 is 0. The molecule has 4 heteroatoms. The number of amides is 1. The number of hydrogen-bond donors (Lipinski definition) is 1. The molecule has 23 heavy (non-hydrogen) atoms. The molecule has 2 aromatic rings. The second-order valence-electron chi connectivity index (χ2n) is 6.50. The highest BCUT2D eigenvalue weighted by Crippen LogP contribution is 2.24. The zero-order valence-corrected chi connectivity index (χ0v) is 14.1. The molecule has 0 saturated heterocycles. The van der Waals surface area contributed by atoms with Crippen LogP contribution in [0.4, 0.5) is 5.69 Å². The van der Waals surface area contributed by atoms with Crippen LogP contribution in [0.5, 0.6) is 0 Å². The SMILES string of the molecule is CC(=NC(C(=O)Nc1ccccc1)c1ccncc1)C(C)(C)C. The molecule has 0 bridgehead atoms. The number of carbonyl (C=O) groups excluding carboxylic acids is 1. The average Bonchev–Trinajstić information content (AvgIpc) is 2.53. The first-order valence-corrected chi connectivity index (χ1v) is 7.68. The van der Waals surface area contributed by atoms with Crippen LogP contribution in [-0.4, -0.2) is 16.6 Å². The molecule has 1 heterocycles. The van der Waals surface area contributed by atoms with Gasteiger partial charge in [0.15, 0.2) is 6.04 Å². The first-order chi connectivity index (χ1) is 10.9. The summed E-state index contributed by atoms with van der Waals surface area (Å²) in [7, 11) is 0. The molecule has 1 amide bonds. The Hall–Kier alpha value is -2.49. The van der Waals surface area contributed by atoms with Crippen LogP contribution in [0.15, 0.2) is 59.9 Å². The molecular formula is C19H23N3O. The Bertz CT molecular complexity index is 673. The van der Waals surface area contributed by atoms with E-state index < -0.39 is 6.04 Å². The average molecular weight is 309 g/mol. The van der Waals surface area contributed by atoms with Gasteiger partial charge in [0.25, 0.3) is 5.91 Å². The molecule has 0 fully saturated rings. The van der Waals surface area contributed by atoms with Gasteiger partial charge in [-0.15, -0.1) is 0 Å². The van der Waals surface area contributed by atoms with Gasteiger partial charge in [0.1, 0.15) is 0 Å². The number of aromatic nitrogens is 1. The Kier molecular flexibility index (Phi) is 5.27. The molecule has 0 radical (unpaired) electrons. The monoisotopic (exact) mass is 309 g/mol. The number of aliphatic imine (C=N–C) groups is 1. The summed E-state index contributed by atoms with van der Waals surface area (Å²) in [4.78, 5) is 21.4. The molecule has 0 saturated carbocycles. The normalized spacial score (nSPS) is 13.5. The van der Waals surface area contributed by atoms with Gasteiger partial charge in [-0.05, 0) is 42.2 Å². The summed E-state index contributed by atoms with van der Waals surface area (Å²) in [6, 6.07) is 12.5. The van der Waals surface area contributed by atoms with E-state index in [4.69, 9.17) is 4.99 Å². The van der Waals surface area contributed by atoms with Gasteiger partial charge >= 0.3 is 0 Å². The molecule has 1 unspecified atom stereocenters. The third kappa shape index (κ3) is 4.74. The number of pyridine rings is 1. The zero-order chi connectivity index (χ0) is 16.9. The van der Waals surface area contributed by atoms with Gasteiger partial charge in [-0.1, -0.05) is 39.0 Å². The second-order valence-corrected chi connectivity index (χ2v) is 6.50. The van der Waals surface area contributed by atoms with Crippen molar-refractivity contribution in [3.05, 3.63) is 60.4 Å². The number of para-hydroxylation sites is 1. The molecule has 1 aromatic heterocycles. The number of nitrogens with one attached hydrogen (secondary N) is 1. The summed E-state index contributed by atoms with van der Waals surface area (Å²) in [5.41, 5.74) is 2.44. The number of anilines is 1. The van der Waals surface area contributed by atoms with E-state index in [1.54, 1.807) is 12.4 Å². The van der Waals surface area contributed by atoms with Crippen molar-refractivity contribution in [2.75, 3.05) is 5.32 Å². The van der Waals surface area contributed by atoms with Crippen LogP contribution < -0.4 is 5.32 Å². The quantitative estimate of drug-likeness (QED) is 0.858. The Morgan fingerprint density at radius 2 is 1.70 bits per heavy atom. The molecular weight excluding hydrogens is 286 g/mol. The minimum Gasteiger partial charge on any atom is -0.324 e. The van der Waals surface area contributed by atoms with Crippen molar-refractivity contribution in [1.82, 2.24) is 4.98 Å². The molecule has 4 nitrogen and oxygen atoms in total. The van der Waals surface area contributed by atoms with Crippen molar-refractivity contribution < 1.29 is 4.79 Å². The maximum Gasteiger partial charge on any atom is 0.253 e. The van der Waals surface area contributed by atoms with E-state index >= 15 is 0 Å².